The first-order valence-corrected chi connectivity index (χ1v) is 6.90. The number of hydrogen-bond acceptors (Lipinski definition) is 4. The molecule has 5 nitrogen and oxygen atoms in total. The molecule has 0 heterocycles. The standard InChI is InChI=1S/C17H20N2O3/c1-12-10-15(8-9-16(12)18-21-4)22-14-7-5-6-13(11-14)17(20)19(2)3/h5-11,18H,1-4H3. The zero-order valence-electron chi connectivity index (χ0n) is 13.2. The van der Waals surface area contributed by atoms with E-state index in [1.807, 2.05) is 31.2 Å². The Morgan fingerprint density at radius 1 is 1.09 bits per heavy atom. The third-order valence-corrected chi connectivity index (χ3v) is 3.13. The number of nitrogens with zero attached hydrogens (tertiary/aromatic N) is 1. The molecule has 0 aliphatic rings. The summed E-state index contributed by atoms with van der Waals surface area (Å²) in [5, 5.41) is 0. The van der Waals surface area contributed by atoms with Gasteiger partial charge >= 0.3 is 0 Å². The summed E-state index contributed by atoms with van der Waals surface area (Å²) in [6.45, 7) is 1.96. The summed E-state index contributed by atoms with van der Waals surface area (Å²) in [6.07, 6.45) is 0. The van der Waals surface area contributed by atoms with Gasteiger partial charge in [-0.1, -0.05) is 6.07 Å². The van der Waals surface area contributed by atoms with Crippen LogP contribution in [0.15, 0.2) is 42.5 Å². The highest BCUT2D eigenvalue weighted by atomic mass is 16.6. The average Bonchev–Trinajstić information content (AvgIpc) is 2.49. The van der Waals surface area contributed by atoms with Crippen LogP contribution in [-0.2, 0) is 4.84 Å². The Morgan fingerprint density at radius 2 is 1.82 bits per heavy atom. The van der Waals surface area contributed by atoms with Crippen molar-refractivity contribution in [2.75, 3.05) is 26.7 Å². The largest absolute Gasteiger partial charge is 0.457 e. The van der Waals surface area contributed by atoms with Gasteiger partial charge < -0.3 is 9.64 Å². The molecule has 22 heavy (non-hydrogen) atoms. The van der Waals surface area contributed by atoms with Gasteiger partial charge in [0.15, 0.2) is 0 Å². The predicted octanol–water partition coefficient (Wildman–Crippen LogP) is 3.46. The Bertz CT molecular complexity index is 669. The molecule has 0 atom stereocenters. The van der Waals surface area contributed by atoms with E-state index in [2.05, 4.69) is 5.48 Å². The number of ether oxygens (including phenoxy) is 1. The van der Waals surface area contributed by atoms with Crippen molar-refractivity contribution in [3.63, 3.8) is 0 Å². The van der Waals surface area contributed by atoms with Crippen molar-refractivity contribution < 1.29 is 14.4 Å². The molecule has 0 fully saturated rings. The van der Waals surface area contributed by atoms with Crippen molar-refractivity contribution in [2.24, 2.45) is 0 Å². The number of nitrogens with one attached hydrogen (secondary N) is 1. The van der Waals surface area contributed by atoms with Crippen LogP contribution < -0.4 is 10.2 Å². The van der Waals surface area contributed by atoms with Gasteiger partial charge in [0.25, 0.3) is 5.91 Å². The maximum Gasteiger partial charge on any atom is 0.253 e. The van der Waals surface area contributed by atoms with Crippen molar-refractivity contribution in [2.45, 2.75) is 6.92 Å². The summed E-state index contributed by atoms with van der Waals surface area (Å²) in [4.78, 5) is 18.4. The molecule has 1 N–H and O–H groups in total. The molecule has 2 rings (SSSR count). The van der Waals surface area contributed by atoms with Gasteiger partial charge in [0.05, 0.1) is 12.8 Å². The second-order valence-electron chi connectivity index (χ2n) is 5.11. The molecule has 0 bridgehead atoms. The van der Waals surface area contributed by atoms with Crippen molar-refractivity contribution in [1.82, 2.24) is 4.90 Å². The Labute approximate surface area is 130 Å². The Hall–Kier alpha value is -2.53. The van der Waals surface area contributed by atoms with E-state index < -0.39 is 0 Å². The predicted molar refractivity (Wildman–Crippen MR) is 86.3 cm³/mol. The molecular formula is C17H20N2O3. The summed E-state index contributed by atoms with van der Waals surface area (Å²) >= 11 is 0. The minimum Gasteiger partial charge on any atom is -0.457 e. The van der Waals surface area contributed by atoms with Gasteiger partial charge in [0.2, 0.25) is 0 Å². The summed E-state index contributed by atoms with van der Waals surface area (Å²) in [5.74, 6) is 1.27. The molecule has 116 valence electrons. The topological polar surface area (TPSA) is 50.8 Å². The van der Waals surface area contributed by atoms with Crippen LogP contribution in [0.4, 0.5) is 5.69 Å². The van der Waals surface area contributed by atoms with Crippen LogP contribution in [0.1, 0.15) is 15.9 Å². The fourth-order valence-electron chi connectivity index (χ4n) is 2.01. The van der Waals surface area contributed by atoms with Gasteiger partial charge in [-0.15, -0.1) is 0 Å². The van der Waals surface area contributed by atoms with Gasteiger partial charge in [-0.25, -0.2) is 0 Å². The van der Waals surface area contributed by atoms with E-state index >= 15 is 0 Å². The van der Waals surface area contributed by atoms with E-state index in [1.54, 1.807) is 39.4 Å². The van der Waals surface area contributed by atoms with Crippen molar-refractivity contribution in [3.8, 4) is 11.5 Å². The summed E-state index contributed by atoms with van der Waals surface area (Å²) in [5.41, 5.74) is 5.27. The lowest BCUT2D eigenvalue weighted by Crippen LogP contribution is -2.21. The summed E-state index contributed by atoms with van der Waals surface area (Å²) in [6, 6.07) is 12.8. The third kappa shape index (κ3) is 3.77. The molecule has 0 radical (unpaired) electrons. The van der Waals surface area contributed by atoms with E-state index in [-0.39, 0.29) is 5.91 Å². The number of carbonyl (C=O) groups is 1. The highest BCUT2D eigenvalue weighted by Gasteiger charge is 2.09. The molecule has 0 unspecified atom stereocenters. The van der Waals surface area contributed by atoms with E-state index in [0.717, 1.165) is 11.3 Å². The molecule has 5 heteroatoms. The Kier molecular flexibility index (Phi) is 5.01. The fourth-order valence-corrected chi connectivity index (χ4v) is 2.01. The summed E-state index contributed by atoms with van der Waals surface area (Å²) in [7, 11) is 5.01. The van der Waals surface area contributed by atoms with Gasteiger partial charge in [-0.3, -0.25) is 15.1 Å². The highest BCUT2D eigenvalue weighted by molar-refractivity contribution is 5.94. The Balaban J connectivity index is 2.19. The molecule has 0 saturated carbocycles. The number of rotatable bonds is 5. The van der Waals surface area contributed by atoms with Crippen LogP contribution in [0.25, 0.3) is 0 Å². The molecule has 0 aromatic heterocycles. The van der Waals surface area contributed by atoms with Gasteiger partial charge in [0.1, 0.15) is 11.5 Å². The quantitative estimate of drug-likeness (QED) is 0.859. The minimum absolute atomic E-state index is 0.0544. The minimum atomic E-state index is -0.0544. The fraction of sp³-hybridized carbons (Fsp3) is 0.235. The van der Waals surface area contributed by atoms with Crippen LogP contribution in [0, 0.1) is 6.92 Å². The zero-order valence-corrected chi connectivity index (χ0v) is 13.2. The molecule has 0 spiro atoms. The normalized spacial score (nSPS) is 10.2. The number of hydrogen-bond donors (Lipinski definition) is 1. The van der Waals surface area contributed by atoms with Gasteiger partial charge in [-0.2, -0.15) is 0 Å². The lowest BCUT2D eigenvalue weighted by molar-refractivity contribution is 0.0827. The first-order valence-electron chi connectivity index (χ1n) is 6.90. The first-order chi connectivity index (χ1) is 10.5. The highest BCUT2D eigenvalue weighted by Crippen LogP contribution is 2.26. The number of aryl methyl sites for hydroxylation is 1. The average molecular weight is 300 g/mol. The molecule has 0 saturated heterocycles. The summed E-state index contributed by atoms with van der Waals surface area (Å²) < 4.78 is 5.82. The molecule has 1 amide bonds. The number of anilines is 1. The van der Waals surface area contributed by atoms with Crippen LogP contribution in [0.2, 0.25) is 0 Å². The van der Waals surface area contributed by atoms with E-state index in [9.17, 15) is 4.79 Å². The number of carbonyl (C=O) groups excluding carboxylic acids is 1. The number of amides is 1. The van der Waals surface area contributed by atoms with E-state index in [0.29, 0.717) is 17.1 Å². The van der Waals surface area contributed by atoms with E-state index in [1.165, 1.54) is 4.90 Å². The van der Waals surface area contributed by atoms with Crippen LogP contribution in [-0.4, -0.2) is 32.0 Å². The van der Waals surface area contributed by atoms with Crippen LogP contribution >= 0.6 is 0 Å². The van der Waals surface area contributed by atoms with Crippen molar-refractivity contribution >= 4 is 11.6 Å². The molecule has 0 aliphatic heterocycles. The molecular weight excluding hydrogens is 280 g/mol. The zero-order chi connectivity index (χ0) is 16.1. The molecule has 2 aromatic carbocycles. The molecule has 2 aromatic rings. The van der Waals surface area contributed by atoms with Crippen molar-refractivity contribution in [3.05, 3.63) is 53.6 Å². The van der Waals surface area contributed by atoms with Crippen LogP contribution in [0.5, 0.6) is 11.5 Å². The number of benzene rings is 2. The Morgan fingerprint density at radius 3 is 2.45 bits per heavy atom. The lowest BCUT2D eigenvalue weighted by Gasteiger charge is -2.13. The van der Waals surface area contributed by atoms with Gasteiger partial charge in [-0.05, 0) is 48.9 Å². The first kappa shape index (κ1) is 15.9. The van der Waals surface area contributed by atoms with Gasteiger partial charge in [0, 0.05) is 19.7 Å². The maximum atomic E-state index is 12.0. The SMILES string of the molecule is CONc1ccc(Oc2cccc(C(=O)N(C)C)c2)cc1C. The van der Waals surface area contributed by atoms with Crippen molar-refractivity contribution in [1.29, 1.82) is 0 Å². The second-order valence-corrected chi connectivity index (χ2v) is 5.11. The smallest absolute Gasteiger partial charge is 0.253 e. The molecule has 0 aliphatic carbocycles. The monoisotopic (exact) mass is 300 g/mol. The lowest BCUT2D eigenvalue weighted by atomic mass is 10.2. The van der Waals surface area contributed by atoms with Crippen LogP contribution in [0.3, 0.4) is 0 Å². The third-order valence-electron chi connectivity index (χ3n) is 3.13. The maximum absolute atomic E-state index is 12.0. The second kappa shape index (κ2) is 6.95. The van der Waals surface area contributed by atoms with E-state index in [4.69, 9.17) is 9.57 Å².